The molecule has 0 saturated carbocycles. The second-order valence-electron chi connectivity index (χ2n) is 9.79. The fourth-order valence-electron chi connectivity index (χ4n) is 5.40. The number of amides is 1. The number of carbonyl (C=O) groups excluding carboxylic acids is 1. The monoisotopic (exact) mass is 562 g/mol. The predicted octanol–water partition coefficient (Wildman–Crippen LogP) is 1.60. The van der Waals surface area contributed by atoms with Crippen LogP contribution < -0.4 is 21.9 Å². The van der Waals surface area contributed by atoms with Crippen molar-refractivity contribution in [3.63, 3.8) is 0 Å². The third-order valence-corrected chi connectivity index (χ3v) is 7.38. The van der Waals surface area contributed by atoms with Crippen LogP contribution in [0.3, 0.4) is 0 Å². The highest BCUT2D eigenvalue weighted by atomic mass is 19.4. The summed E-state index contributed by atoms with van der Waals surface area (Å²) in [6.07, 6.45) is -1.44. The van der Waals surface area contributed by atoms with Gasteiger partial charge < -0.3 is 30.7 Å². The number of nitrogen functional groups attached to an aromatic ring is 2. The highest BCUT2D eigenvalue weighted by Crippen LogP contribution is 2.36. The van der Waals surface area contributed by atoms with Crippen molar-refractivity contribution in [1.29, 1.82) is 0 Å². The van der Waals surface area contributed by atoms with E-state index in [2.05, 4.69) is 30.0 Å². The number of rotatable bonds is 5. The van der Waals surface area contributed by atoms with E-state index >= 15 is 0 Å². The number of halogens is 3. The zero-order valence-electron chi connectivity index (χ0n) is 21.7. The van der Waals surface area contributed by atoms with E-state index in [0.717, 1.165) is 6.42 Å². The molecule has 2 aliphatic rings. The summed E-state index contributed by atoms with van der Waals surface area (Å²) < 4.78 is 47.1. The predicted molar refractivity (Wildman–Crippen MR) is 138 cm³/mol. The summed E-state index contributed by atoms with van der Waals surface area (Å²) in [7, 11) is 0. The molecule has 2 fully saturated rings. The average molecular weight is 563 g/mol. The van der Waals surface area contributed by atoms with Crippen molar-refractivity contribution in [2.75, 3.05) is 49.1 Å². The number of aromatic amines is 1. The molecule has 214 valence electrons. The van der Waals surface area contributed by atoms with Gasteiger partial charge in [0.15, 0.2) is 11.5 Å². The molecule has 2 aliphatic heterocycles. The Morgan fingerprint density at radius 3 is 2.52 bits per heavy atom. The highest BCUT2D eigenvalue weighted by Gasteiger charge is 2.41. The number of nitrogens with zero attached hydrogens (tertiary/aromatic N) is 7. The number of piperazine rings is 1. The zero-order chi connectivity index (χ0) is 28.6. The van der Waals surface area contributed by atoms with Gasteiger partial charge in [0.05, 0.1) is 11.8 Å². The first-order valence-corrected chi connectivity index (χ1v) is 12.9. The Hall–Kier alpha value is -4.21. The Kier molecular flexibility index (Phi) is 7.35. The van der Waals surface area contributed by atoms with Crippen LogP contribution in [0, 0.1) is 0 Å². The minimum Gasteiger partial charge on any atom is -0.402 e. The number of pyridine rings is 1. The van der Waals surface area contributed by atoms with E-state index in [1.807, 2.05) is 6.92 Å². The number of nitrogens with one attached hydrogen (secondary N) is 1. The fourth-order valence-corrected chi connectivity index (χ4v) is 5.40. The number of nitrogens with two attached hydrogens (primary N) is 2. The Morgan fingerprint density at radius 1 is 1.15 bits per heavy atom. The number of aromatic nitrogens is 5. The summed E-state index contributed by atoms with van der Waals surface area (Å²) in [5.74, 6) is -0.696. The lowest BCUT2D eigenvalue weighted by Crippen LogP contribution is -2.59. The average Bonchev–Trinajstić information content (AvgIpc) is 3.38. The van der Waals surface area contributed by atoms with Crippen LogP contribution in [0.5, 0.6) is 0 Å². The smallest absolute Gasteiger partial charge is 0.402 e. The quantitative estimate of drug-likeness (QED) is 0.412. The summed E-state index contributed by atoms with van der Waals surface area (Å²) in [4.78, 5) is 40.3. The number of likely N-dealkylation sites (tertiary alicyclic amines) is 1. The standard InChI is InChI=1S/C24H29F3N10O3/c1-2-13-12-36(20-18(24(25,26)27)31-16(11-30-20)21-33-34-23(29)40-21)9-10-37(13)14-5-7-35(8-6-14)22(39)15-3-4-17(38)32-19(15)28/h3-4,11,13-14H,2,5-10,12H2,1H3,(H2,29,34)(H3,28,32,38). The van der Waals surface area contributed by atoms with Gasteiger partial charge in [-0.05, 0) is 25.3 Å². The van der Waals surface area contributed by atoms with Crippen LogP contribution in [0.25, 0.3) is 11.6 Å². The fraction of sp³-hybridized carbons (Fsp3) is 0.500. The third kappa shape index (κ3) is 5.43. The van der Waals surface area contributed by atoms with Gasteiger partial charge in [-0.15, -0.1) is 5.10 Å². The zero-order valence-corrected chi connectivity index (χ0v) is 21.7. The molecule has 0 bridgehead atoms. The van der Waals surface area contributed by atoms with Gasteiger partial charge >= 0.3 is 12.2 Å². The normalized spacial score (nSPS) is 19.2. The van der Waals surface area contributed by atoms with Gasteiger partial charge in [0.1, 0.15) is 11.5 Å². The van der Waals surface area contributed by atoms with E-state index in [4.69, 9.17) is 15.9 Å². The lowest BCUT2D eigenvalue weighted by molar-refractivity contribution is -0.140. The molecule has 0 radical (unpaired) electrons. The summed E-state index contributed by atoms with van der Waals surface area (Å²) in [6, 6.07) is 2.56. The number of H-pyrrole nitrogens is 1. The van der Waals surface area contributed by atoms with Gasteiger partial charge in [0.2, 0.25) is 5.56 Å². The van der Waals surface area contributed by atoms with E-state index < -0.39 is 11.9 Å². The summed E-state index contributed by atoms with van der Waals surface area (Å²) >= 11 is 0. The Balaban J connectivity index is 1.27. The van der Waals surface area contributed by atoms with Gasteiger partial charge in [-0.2, -0.15) is 13.2 Å². The Bertz CT molecular complexity index is 1430. The molecule has 1 amide bonds. The van der Waals surface area contributed by atoms with E-state index in [0.29, 0.717) is 45.6 Å². The Morgan fingerprint density at radius 2 is 1.90 bits per heavy atom. The molecular formula is C24H29F3N10O3. The topological polar surface area (TPSA) is 176 Å². The van der Waals surface area contributed by atoms with E-state index in [9.17, 15) is 22.8 Å². The maximum Gasteiger partial charge on any atom is 0.437 e. The first kappa shape index (κ1) is 27.4. The molecule has 5 N–H and O–H groups in total. The SMILES string of the molecule is CCC1CN(c2ncc(-c3nnc(N)o3)nc2C(F)(F)F)CCN1C1CCN(C(=O)c2ccc(=O)[nH]c2N)CC1. The van der Waals surface area contributed by atoms with Crippen LogP contribution in [0.4, 0.5) is 30.8 Å². The van der Waals surface area contributed by atoms with Crippen molar-refractivity contribution in [2.24, 2.45) is 0 Å². The number of hydrogen-bond acceptors (Lipinski definition) is 11. The molecule has 40 heavy (non-hydrogen) atoms. The summed E-state index contributed by atoms with van der Waals surface area (Å²) in [6.45, 7) is 4.21. The highest BCUT2D eigenvalue weighted by molar-refractivity contribution is 5.98. The van der Waals surface area contributed by atoms with Crippen molar-refractivity contribution in [3.05, 3.63) is 39.9 Å². The number of carbonyl (C=O) groups is 1. The molecule has 3 aromatic rings. The molecule has 16 heteroatoms. The van der Waals surface area contributed by atoms with Gasteiger partial charge in [-0.3, -0.25) is 14.5 Å². The molecule has 0 aliphatic carbocycles. The molecule has 0 aromatic carbocycles. The van der Waals surface area contributed by atoms with Crippen molar-refractivity contribution in [1.82, 2.24) is 34.9 Å². The van der Waals surface area contributed by atoms with Crippen LogP contribution in [0.15, 0.2) is 27.5 Å². The number of hydrogen-bond donors (Lipinski definition) is 3. The lowest BCUT2D eigenvalue weighted by Gasteiger charge is -2.47. The molecular weight excluding hydrogens is 533 g/mol. The van der Waals surface area contributed by atoms with E-state index in [-0.39, 0.29) is 58.3 Å². The van der Waals surface area contributed by atoms with Gasteiger partial charge in [-0.25, -0.2) is 9.97 Å². The second-order valence-corrected chi connectivity index (χ2v) is 9.79. The van der Waals surface area contributed by atoms with Gasteiger partial charge in [0, 0.05) is 50.9 Å². The maximum atomic E-state index is 14.0. The van der Waals surface area contributed by atoms with E-state index in [1.54, 1.807) is 9.80 Å². The van der Waals surface area contributed by atoms with Crippen molar-refractivity contribution in [3.8, 4) is 11.6 Å². The van der Waals surface area contributed by atoms with E-state index in [1.165, 1.54) is 18.3 Å². The molecule has 2 saturated heterocycles. The maximum absolute atomic E-state index is 14.0. The van der Waals surface area contributed by atoms with Crippen LogP contribution >= 0.6 is 0 Å². The number of anilines is 3. The lowest BCUT2D eigenvalue weighted by atomic mass is 9.97. The molecule has 13 nitrogen and oxygen atoms in total. The third-order valence-electron chi connectivity index (χ3n) is 7.38. The first-order valence-electron chi connectivity index (χ1n) is 12.9. The van der Waals surface area contributed by atoms with Crippen molar-refractivity contribution >= 4 is 23.6 Å². The number of alkyl halides is 3. The molecule has 1 unspecified atom stereocenters. The minimum atomic E-state index is -4.75. The molecule has 5 rings (SSSR count). The van der Waals surface area contributed by atoms with Crippen LogP contribution in [-0.2, 0) is 6.18 Å². The Labute approximate surface area is 226 Å². The molecule has 3 aromatic heterocycles. The minimum absolute atomic E-state index is 0.0193. The molecule has 5 heterocycles. The molecule has 1 atom stereocenters. The summed E-state index contributed by atoms with van der Waals surface area (Å²) in [5.41, 5.74) is 9.77. The largest absolute Gasteiger partial charge is 0.437 e. The van der Waals surface area contributed by atoms with Crippen LogP contribution in [0.2, 0.25) is 0 Å². The van der Waals surface area contributed by atoms with Crippen LogP contribution in [0.1, 0.15) is 42.2 Å². The van der Waals surface area contributed by atoms with Gasteiger partial charge in [0.25, 0.3) is 11.8 Å². The molecule has 0 spiro atoms. The first-order chi connectivity index (χ1) is 19.0. The van der Waals surface area contributed by atoms with Gasteiger partial charge in [-0.1, -0.05) is 12.0 Å². The van der Waals surface area contributed by atoms with Crippen molar-refractivity contribution in [2.45, 2.75) is 44.4 Å². The second kappa shape index (κ2) is 10.7. The number of piperidine rings is 1. The van der Waals surface area contributed by atoms with Crippen molar-refractivity contribution < 1.29 is 22.4 Å². The summed E-state index contributed by atoms with van der Waals surface area (Å²) in [5, 5.41) is 7.07. The van der Waals surface area contributed by atoms with Crippen LogP contribution in [-0.4, -0.2) is 85.7 Å².